The van der Waals surface area contributed by atoms with Crippen LogP contribution in [0.2, 0.25) is 5.02 Å². The topological polar surface area (TPSA) is 66.4 Å². The zero-order valence-electron chi connectivity index (χ0n) is 10.9. The van der Waals surface area contributed by atoms with Gasteiger partial charge in [-0.15, -0.1) is 11.3 Å². The fraction of sp³-hybridized carbons (Fsp3) is 0.200. The number of halogens is 1. The summed E-state index contributed by atoms with van der Waals surface area (Å²) in [6, 6.07) is 8.63. The van der Waals surface area contributed by atoms with Gasteiger partial charge in [0.05, 0.1) is 10.9 Å². The van der Waals surface area contributed by atoms with Gasteiger partial charge in [0.2, 0.25) is 0 Å². The molecule has 1 atom stereocenters. The summed E-state index contributed by atoms with van der Waals surface area (Å²) in [5, 5.41) is 12.5. The molecule has 1 heterocycles. The van der Waals surface area contributed by atoms with Crippen molar-refractivity contribution in [2.24, 2.45) is 0 Å². The zero-order chi connectivity index (χ0) is 15.0. The van der Waals surface area contributed by atoms with Crippen molar-refractivity contribution in [3.63, 3.8) is 0 Å². The Labute approximate surface area is 130 Å². The largest absolute Gasteiger partial charge is 0.477 e. The van der Waals surface area contributed by atoms with Gasteiger partial charge in [-0.05, 0) is 48.2 Å². The number of carboxylic acid groups (broad SMARTS) is 1. The molecule has 1 aromatic carbocycles. The lowest BCUT2D eigenvalue weighted by atomic mass is 10.1. The lowest BCUT2D eigenvalue weighted by molar-refractivity contribution is 0.0702. The molecular formula is C15H12ClNO3S. The maximum absolute atomic E-state index is 12.2. The molecule has 1 aromatic heterocycles. The van der Waals surface area contributed by atoms with E-state index in [0.717, 1.165) is 35.3 Å². The smallest absolute Gasteiger partial charge is 0.345 e. The highest BCUT2D eigenvalue weighted by molar-refractivity contribution is 7.15. The molecule has 2 N–H and O–H groups in total. The quantitative estimate of drug-likeness (QED) is 0.909. The van der Waals surface area contributed by atoms with Gasteiger partial charge in [-0.3, -0.25) is 4.79 Å². The van der Waals surface area contributed by atoms with Gasteiger partial charge in [0.15, 0.2) is 0 Å². The first-order valence-electron chi connectivity index (χ1n) is 6.47. The van der Waals surface area contributed by atoms with Crippen molar-refractivity contribution in [1.82, 2.24) is 5.32 Å². The molecule has 21 heavy (non-hydrogen) atoms. The molecule has 1 aliphatic rings. The van der Waals surface area contributed by atoms with Crippen LogP contribution in [-0.4, -0.2) is 17.0 Å². The highest BCUT2D eigenvalue weighted by Crippen LogP contribution is 2.33. The van der Waals surface area contributed by atoms with E-state index in [1.54, 1.807) is 6.07 Å². The number of thiophene rings is 1. The Bertz CT molecular complexity index is 725. The van der Waals surface area contributed by atoms with Crippen LogP contribution in [0, 0.1) is 0 Å². The lowest BCUT2D eigenvalue weighted by Gasteiger charge is -2.13. The summed E-state index contributed by atoms with van der Waals surface area (Å²) in [6.07, 6.45) is 1.71. The van der Waals surface area contributed by atoms with Gasteiger partial charge < -0.3 is 10.4 Å². The van der Waals surface area contributed by atoms with E-state index in [-0.39, 0.29) is 16.8 Å². The van der Waals surface area contributed by atoms with Crippen LogP contribution >= 0.6 is 22.9 Å². The monoisotopic (exact) mass is 321 g/mol. The Balaban J connectivity index is 1.76. The maximum Gasteiger partial charge on any atom is 0.345 e. The summed E-state index contributed by atoms with van der Waals surface area (Å²) in [5.41, 5.74) is 2.24. The summed E-state index contributed by atoms with van der Waals surface area (Å²) in [5.74, 6) is -1.25. The lowest BCUT2D eigenvalue weighted by Crippen LogP contribution is -2.26. The van der Waals surface area contributed by atoms with Crippen molar-refractivity contribution in [1.29, 1.82) is 0 Å². The number of rotatable bonds is 3. The van der Waals surface area contributed by atoms with Gasteiger partial charge >= 0.3 is 5.97 Å². The van der Waals surface area contributed by atoms with E-state index in [4.69, 9.17) is 16.7 Å². The summed E-state index contributed by atoms with van der Waals surface area (Å²) >= 11 is 6.95. The minimum atomic E-state index is -1.01. The molecule has 108 valence electrons. The van der Waals surface area contributed by atoms with E-state index in [9.17, 15) is 9.59 Å². The molecule has 0 radical (unpaired) electrons. The zero-order valence-corrected chi connectivity index (χ0v) is 12.5. The highest BCUT2D eigenvalue weighted by atomic mass is 35.5. The maximum atomic E-state index is 12.2. The predicted molar refractivity (Wildman–Crippen MR) is 81.3 cm³/mol. The fourth-order valence-corrected chi connectivity index (χ4v) is 3.48. The average molecular weight is 322 g/mol. The summed E-state index contributed by atoms with van der Waals surface area (Å²) in [4.78, 5) is 23.6. The molecule has 6 heteroatoms. The first-order chi connectivity index (χ1) is 10.0. The van der Waals surface area contributed by atoms with Crippen molar-refractivity contribution in [3.8, 4) is 0 Å². The second kappa shape index (κ2) is 5.50. The van der Waals surface area contributed by atoms with E-state index in [1.807, 2.05) is 18.2 Å². The Hall–Kier alpha value is -1.85. The fourth-order valence-electron chi connectivity index (χ4n) is 2.54. The Morgan fingerprint density at radius 3 is 2.71 bits per heavy atom. The van der Waals surface area contributed by atoms with Crippen LogP contribution in [0.4, 0.5) is 0 Å². The average Bonchev–Trinajstić information content (AvgIpc) is 3.06. The van der Waals surface area contributed by atoms with E-state index < -0.39 is 5.97 Å². The van der Waals surface area contributed by atoms with Crippen LogP contribution in [0.5, 0.6) is 0 Å². The normalized spacial score (nSPS) is 16.5. The second-order valence-corrected chi connectivity index (χ2v) is 6.40. The number of aromatic carboxylic acids is 1. The Morgan fingerprint density at radius 2 is 2.00 bits per heavy atom. The van der Waals surface area contributed by atoms with Crippen LogP contribution in [-0.2, 0) is 6.42 Å². The molecular weight excluding hydrogens is 310 g/mol. The number of hydrogen-bond donors (Lipinski definition) is 2. The molecule has 1 aliphatic carbocycles. The van der Waals surface area contributed by atoms with Gasteiger partial charge in [0.25, 0.3) is 5.91 Å². The molecule has 0 fully saturated rings. The SMILES string of the molecule is O=C(O)c1ccc(C(=O)N[C@@H]2CCc3cc(Cl)ccc32)s1. The van der Waals surface area contributed by atoms with E-state index in [0.29, 0.717) is 9.90 Å². The van der Waals surface area contributed by atoms with E-state index >= 15 is 0 Å². The number of carbonyl (C=O) groups is 2. The molecule has 0 unspecified atom stereocenters. The van der Waals surface area contributed by atoms with Crippen molar-refractivity contribution in [2.75, 3.05) is 0 Å². The standard InChI is InChI=1S/C15H12ClNO3S/c16-9-2-3-10-8(7-9)1-4-11(10)17-14(18)12-5-6-13(21-12)15(19)20/h2-3,5-7,11H,1,4H2,(H,17,18)(H,19,20)/t11-/m1/s1. The number of amides is 1. The molecule has 0 spiro atoms. The van der Waals surface area contributed by atoms with Crippen LogP contribution < -0.4 is 5.32 Å². The molecule has 0 saturated heterocycles. The summed E-state index contributed by atoms with van der Waals surface area (Å²) in [6.45, 7) is 0. The van der Waals surface area contributed by atoms with Crippen LogP contribution in [0.1, 0.15) is 42.9 Å². The van der Waals surface area contributed by atoms with Gasteiger partial charge in [-0.2, -0.15) is 0 Å². The number of fused-ring (bicyclic) bond motifs is 1. The third kappa shape index (κ3) is 2.80. The number of hydrogen-bond acceptors (Lipinski definition) is 3. The van der Waals surface area contributed by atoms with Crippen molar-refractivity contribution in [3.05, 3.63) is 56.2 Å². The molecule has 4 nitrogen and oxygen atoms in total. The van der Waals surface area contributed by atoms with Crippen molar-refractivity contribution < 1.29 is 14.7 Å². The van der Waals surface area contributed by atoms with Gasteiger partial charge in [-0.1, -0.05) is 17.7 Å². The third-order valence-electron chi connectivity index (χ3n) is 3.53. The minimum Gasteiger partial charge on any atom is -0.477 e. The number of aryl methyl sites for hydroxylation is 1. The molecule has 2 aromatic rings. The van der Waals surface area contributed by atoms with E-state index in [2.05, 4.69) is 5.32 Å². The highest BCUT2D eigenvalue weighted by Gasteiger charge is 2.25. The van der Waals surface area contributed by atoms with Crippen molar-refractivity contribution >= 4 is 34.8 Å². The Kier molecular flexibility index (Phi) is 3.69. The van der Waals surface area contributed by atoms with Crippen LogP contribution in [0.25, 0.3) is 0 Å². The van der Waals surface area contributed by atoms with E-state index in [1.165, 1.54) is 6.07 Å². The molecule has 3 rings (SSSR count). The van der Waals surface area contributed by atoms with Crippen LogP contribution in [0.3, 0.4) is 0 Å². The molecule has 0 saturated carbocycles. The molecule has 0 aliphatic heterocycles. The number of carboxylic acids is 1. The van der Waals surface area contributed by atoms with Crippen molar-refractivity contribution in [2.45, 2.75) is 18.9 Å². The third-order valence-corrected chi connectivity index (χ3v) is 4.84. The van der Waals surface area contributed by atoms with Gasteiger partial charge in [0, 0.05) is 5.02 Å². The minimum absolute atomic E-state index is 0.0415. The molecule has 1 amide bonds. The second-order valence-electron chi connectivity index (χ2n) is 4.88. The Morgan fingerprint density at radius 1 is 1.24 bits per heavy atom. The van der Waals surface area contributed by atoms with Gasteiger partial charge in [0.1, 0.15) is 4.88 Å². The number of benzene rings is 1. The van der Waals surface area contributed by atoms with Gasteiger partial charge in [-0.25, -0.2) is 4.79 Å². The predicted octanol–water partition coefficient (Wildman–Crippen LogP) is 3.52. The number of nitrogens with one attached hydrogen (secondary N) is 1. The molecule has 0 bridgehead atoms. The summed E-state index contributed by atoms with van der Waals surface area (Å²) < 4.78 is 0. The van der Waals surface area contributed by atoms with Crippen LogP contribution in [0.15, 0.2) is 30.3 Å². The summed E-state index contributed by atoms with van der Waals surface area (Å²) in [7, 11) is 0. The first-order valence-corrected chi connectivity index (χ1v) is 7.66. The number of carbonyl (C=O) groups excluding carboxylic acids is 1. The first kappa shape index (κ1) is 14.1.